The van der Waals surface area contributed by atoms with Gasteiger partial charge in [0.2, 0.25) is 5.91 Å². The van der Waals surface area contributed by atoms with Gasteiger partial charge in [0.05, 0.1) is 5.70 Å². The standard InChI is InChI=1S/C27H31N3O4S/c1-4-21(31)28-22-25(32)30-23(20(17-35-26(22)30)29(5-2)6-3)27(33)34-24(18-13-9-7-10-14-18)19-15-11-8-12-16-19/h7-16,22,24,26H,4-6,17H2,1-3H3,(H,28,31)/t22?,26-/m1/s1. The molecule has 4 rings (SSSR count). The summed E-state index contributed by atoms with van der Waals surface area (Å²) in [6.07, 6.45) is -0.317. The molecular formula is C27H31N3O4S. The average molecular weight is 494 g/mol. The summed E-state index contributed by atoms with van der Waals surface area (Å²) in [5, 5.41) is 2.47. The molecule has 1 fully saturated rings. The number of hydrogen-bond acceptors (Lipinski definition) is 6. The summed E-state index contributed by atoms with van der Waals surface area (Å²) < 4.78 is 6.16. The fraction of sp³-hybridized carbons (Fsp3) is 0.370. The van der Waals surface area contributed by atoms with E-state index >= 15 is 0 Å². The van der Waals surface area contributed by atoms with Gasteiger partial charge in [-0.05, 0) is 25.0 Å². The van der Waals surface area contributed by atoms with Crippen LogP contribution in [0.15, 0.2) is 72.1 Å². The minimum absolute atomic E-state index is 0.181. The molecule has 2 amide bonds. The van der Waals surface area contributed by atoms with E-state index < -0.39 is 18.1 Å². The molecule has 0 saturated carbocycles. The lowest BCUT2D eigenvalue weighted by atomic mass is 10.0. The van der Waals surface area contributed by atoms with Crippen molar-refractivity contribution in [1.29, 1.82) is 0 Å². The smallest absolute Gasteiger partial charge is 0.357 e. The zero-order valence-corrected chi connectivity index (χ0v) is 21.1. The highest BCUT2D eigenvalue weighted by atomic mass is 32.2. The number of nitrogens with one attached hydrogen (secondary N) is 1. The van der Waals surface area contributed by atoms with Crippen LogP contribution < -0.4 is 5.32 Å². The van der Waals surface area contributed by atoms with E-state index in [4.69, 9.17) is 4.74 Å². The number of carbonyl (C=O) groups excluding carboxylic acids is 3. The number of β-lactam (4-membered cyclic amide) rings is 1. The predicted molar refractivity (Wildman–Crippen MR) is 136 cm³/mol. The van der Waals surface area contributed by atoms with Gasteiger partial charge < -0.3 is 15.0 Å². The van der Waals surface area contributed by atoms with Crippen LogP contribution in [-0.4, -0.2) is 57.8 Å². The molecule has 0 spiro atoms. The van der Waals surface area contributed by atoms with Crippen molar-refractivity contribution >= 4 is 29.5 Å². The fourth-order valence-corrected chi connectivity index (χ4v) is 5.85. The number of hydrogen-bond donors (Lipinski definition) is 1. The minimum Gasteiger partial charge on any atom is -0.448 e. The van der Waals surface area contributed by atoms with Crippen LogP contribution in [0.2, 0.25) is 0 Å². The van der Waals surface area contributed by atoms with Crippen molar-refractivity contribution in [2.24, 2.45) is 0 Å². The van der Waals surface area contributed by atoms with Crippen LogP contribution in [0.3, 0.4) is 0 Å². The second-order valence-corrected chi connectivity index (χ2v) is 9.49. The first-order chi connectivity index (χ1) is 17.0. The summed E-state index contributed by atoms with van der Waals surface area (Å²) in [7, 11) is 0. The van der Waals surface area contributed by atoms with Gasteiger partial charge in [-0.1, -0.05) is 67.6 Å². The third-order valence-electron chi connectivity index (χ3n) is 6.35. The van der Waals surface area contributed by atoms with E-state index in [1.54, 1.807) is 18.7 Å². The topological polar surface area (TPSA) is 79.0 Å². The van der Waals surface area contributed by atoms with Crippen molar-refractivity contribution in [3.8, 4) is 0 Å². The molecule has 2 aromatic carbocycles. The summed E-state index contributed by atoms with van der Waals surface area (Å²) in [6.45, 7) is 7.20. The molecule has 2 aromatic rings. The quantitative estimate of drug-likeness (QED) is 0.424. The molecule has 0 aromatic heterocycles. The van der Waals surface area contributed by atoms with Gasteiger partial charge in [-0.2, -0.15) is 0 Å². The number of esters is 1. The Bertz CT molecular complexity index is 1060. The average Bonchev–Trinajstić information content (AvgIpc) is 2.91. The molecule has 184 valence electrons. The Morgan fingerprint density at radius 2 is 1.60 bits per heavy atom. The highest BCUT2D eigenvalue weighted by Crippen LogP contribution is 2.42. The molecular weight excluding hydrogens is 462 g/mol. The van der Waals surface area contributed by atoms with Gasteiger partial charge in [-0.25, -0.2) is 4.79 Å². The largest absolute Gasteiger partial charge is 0.448 e. The second-order valence-electron chi connectivity index (χ2n) is 8.38. The van der Waals surface area contributed by atoms with E-state index in [1.165, 1.54) is 4.90 Å². The van der Waals surface area contributed by atoms with Crippen molar-refractivity contribution in [2.45, 2.75) is 44.7 Å². The minimum atomic E-state index is -0.632. The predicted octanol–water partition coefficient (Wildman–Crippen LogP) is 3.68. The third kappa shape index (κ3) is 4.93. The maximum Gasteiger partial charge on any atom is 0.357 e. The third-order valence-corrected chi connectivity index (χ3v) is 7.62. The highest BCUT2D eigenvalue weighted by Gasteiger charge is 2.55. The first kappa shape index (κ1) is 24.9. The zero-order chi connectivity index (χ0) is 24.9. The van der Waals surface area contributed by atoms with Crippen LogP contribution in [0, 0.1) is 0 Å². The Hall–Kier alpha value is -3.26. The van der Waals surface area contributed by atoms with E-state index in [0.29, 0.717) is 25.3 Å². The maximum atomic E-state index is 13.8. The van der Waals surface area contributed by atoms with Crippen molar-refractivity contribution in [2.75, 3.05) is 18.8 Å². The van der Waals surface area contributed by atoms with Gasteiger partial charge in [-0.15, -0.1) is 11.8 Å². The first-order valence-electron chi connectivity index (χ1n) is 12.0. The Morgan fingerprint density at radius 1 is 1.03 bits per heavy atom. The zero-order valence-electron chi connectivity index (χ0n) is 20.3. The van der Waals surface area contributed by atoms with Gasteiger partial charge in [0.15, 0.2) is 11.8 Å². The first-order valence-corrected chi connectivity index (χ1v) is 13.1. The summed E-state index contributed by atoms with van der Waals surface area (Å²) in [6, 6.07) is 18.5. The van der Waals surface area contributed by atoms with Gasteiger partial charge in [0.1, 0.15) is 11.4 Å². The number of carbonyl (C=O) groups is 3. The number of thioether (sulfide) groups is 1. The Labute approximate surface area is 210 Å². The number of rotatable bonds is 9. The monoisotopic (exact) mass is 493 g/mol. The maximum absolute atomic E-state index is 13.8. The van der Waals surface area contributed by atoms with E-state index in [9.17, 15) is 14.4 Å². The molecule has 7 nitrogen and oxygen atoms in total. The lowest BCUT2D eigenvalue weighted by Crippen LogP contribution is -2.71. The van der Waals surface area contributed by atoms with Crippen LogP contribution in [0.5, 0.6) is 0 Å². The van der Waals surface area contributed by atoms with E-state index in [2.05, 4.69) is 10.2 Å². The molecule has 35 heavy (non-hydrogen) atoms. The molecule has 0 radical (unpaired) electrons. The van der Waals surface area contributed by atoms with Crippen molar-refractivity contribution in [3.63, 3.8) is 0 Å². The molecule has 0 aliphatic carbocycles. The van der Waals surface area contributed by atoms with Gasteiger partial charge in [0.25, 0.3) is 5.91 Å². The van der Waals surface area contributed by atoms with Crippen molar-refractivity contribution < 1.29 is 19.1 Å². The van der Waals surface area contributed by atoms with E-state index in [1.807, 2.05) is 74.5 Å². The number of amides is 2. The van der Waals surface area contributed by atoms with Gasteiger partial charge in [0, 0.05) is 25.3 Å². The van der Waals surface area contributed by atoms with Crippen LogP contribution in [0.4, 0.5) is 0 Å². The van der Waals surface area contributed by atoms with Gasteiger partial charge in [-0.3, -0.25) is 14.5 Å². The van der Waals surface area contributed by atoms with Crippen LogP contribution >= 0.6 is 11.8 Å². The highest BCUT2D eigenvalue weighted by molar-refractivity contribution is 8.00. The van der Waals surface area contributed by atoms with Crippen LogP contribution in [0.25, 0.3) is 0 Å². The summed E-state index contributed by atoms with van der Waals surface area (Å²) in [5.74, 6) is -0.444. The van der Waals surface area contributed by atoms with Gasteiger partial charge >= 0.3 is 5.97 Å². The molecule has 2 aliphatic heterocycles. The number of benzene rings is 2. The molecule has 8 heteroatoms. The van der Waals surface area contributed by atoms with Crippen LogP contribution in [0.1, 0.15) is 44.4 Å². The lowest BCUT2D eigenvalue weighted by molar-refractivity contribution is -0.155. The summed E-state index contributed by atoms with van der Waals surface area (Å²) in [4.78, 5) is 42.6. The summed E-state index contributed by atoms with van der Waals surface area (Å²) >= 11 is 1.56. The van der Waals surface area contributed by atoms with E-state index in [0.717, 1.165) is 16.8 Å². The lowest BCUT2D eigenvalue weighted by Gasteiger charge is -2.50. The Balaban J connectivity index is 1.69. The SMILES string of the molecule is CCC(=O)NC1C(=O)N2C(C(=O)OC(c3ccccc3)c3ccccc3)=C(N(CC)CC)CS[C@H]12. The Kier molecular flexibility index (Phi) is 7.80. The second kappa shape index (κ2) is 11.0. The molecule has 2 aliphatic rings. The number of ether oxygens (including phenoxy) is 1. The molecule has 1 unspecified atom stereocenters. The number of nitrogens with zero attached hydrogens (tertiary/aromatic N) is 2. The molecule has 1 N–H and O–H groups in total. The fourth-order valence-electron chi connectivity index (χ4n) is 4.46. The molecule has 1 saturated heterocycles. The molecule has 2 heterocycles. The molecule has 0 bridgehead atoms. The van der Waals surface area contributed by atoms with Crippen molar-refractivity contribution in [3.05, 3.63) is 83.2 Å². The van der Waals surface area contributed by atoms with Crippen LogP contribution in [-0.2, 0) is 19.1 Å². The normalized spacial score (nSPS) is 19.2. The van der Waals surface area contributed by atoms with Crippen molar-refractivity contribution in [1.82, 2.24) is 15.1 Å². The summed E-state index contributed by atoms with van der Waals surface area (Å²) in [5.41, 5.74) is 2.76. The molecule has 2 atom stereocenters. The number of fused-ring (bicyclic) bond motifs is 1. The Morgan fingerprint density at radius 3 is 2.11 bits per heavy atom. The van der Waals surface area contributed by atoms with E-state index in [-0.39, 0.29) is 22.9 Å².